The Balaban J connectivity index is 3.39. The number of halogens is 2. The van der Waals surface area contributed by atoms with Crippen molar-refractivity contribution in [3.8, 4) is 11.8 Å². The average molecular weight is 241 g/mol. The zero-order valence-corrected chi connectivity index (χ0v) is 8.91. The van der Waals surface area contributed by atoms with Gasteiger partial charge in [-0.05, 0) is 19.1 Å². The van der Waals surface area contributed by atoms with Crippen LogP contribution in [0.15, 0.2) is 12.1 Å². The first-order valence-electron chi connectivity index (χ1n) is 4.74. The van der Waals surface area contributed by atoms with Crippen LogP contribution in [-0.2, 0) is 4.74 Å². The van der Waals surface area contributed by atoms with Crippen molar-refractivity contribution < 1.29 is 23.4 Å². The van der Waals surface area contributed by atoms with Crippen molar-refractivity contribution in [1.82, 2.24) is 0 Å². The number of carbonyl (C=O) groups excluding carboxylic acids is 1. The largest absolute Gasteiger partial charge is 0.507 e. The quantitative estimate of drug-likeness (QED) is 0.825. The van der Waals surface area contributed by atoms with Crippen molar-refractivity contribution in [1.29, 1.82) is 5.26 Å². The Bertz CT molecular complexity index is 480. The molecule has 0 atom stereocenters. The lowest BCUT2D eigenvalue weighted by Crippen LogP contribution is -2.09. The highest BCUT2D eigenvalue weighted by molar-refractivity contribution is 5.93. The number of phenolic OH excluding ortho intramolecular Hbond substituents is 1. The number of benzene rings is 1. The summed E-state index contributed by atoms with van der Waals surface area (Å²) in [6.45, 7) is 1.62. The molecule has 6 heteroatoms. The fourth-order valence-electron chi connectivity index (χ4n) is 1.33. The molecule has 0 amide bonds. The van der Waals surface area contributed by atoms with E-state index in [0.717, 1.165) is 12.1 Å². The first kappa shape index (κ1) is 12.9. The second-order valence-electron chi connectivity index (χ2n) is 3.05. The van der Waals surface area contributed by atoms with Crippen LogP contribution in [0.25, 0.3) is 0 Å². The molecule has 0 unspecified atom stereocenters. The minimum Gasteiger partial charge on any atom is -0.507 e. The number of rotatable bonds is 3. The monoisotopic (exact) mass is 241 g/mol. The number of phenols is 1. The predicted molar refractivity (Wildman–Crippen MR) is 53.7 cm³/mol. The molecule has 17 heavy (non-hydrogen) atoms. The standard InChI is InChI=1S/C11H9F2NO3/c1-2-17-11(16)6-3-4-8(15)9(10(12)13)7(6)5-14/h3-4,10,15H,2H2,1H3. The van der Waals surface area contributed by atoms with E-state index in [1.54, 1.807) is 6.92 Å². The third-order valence-electron chi connectivity index (χ3n) is 2.05. The highest BCUT2D eigenvalue weighted by Crippen LogP contribution is 2.33. The molecule has 0 saturated heterocycles. The second-order valence-corrected chi connectivity index (χ2v) is 3.05. The van der Waals surface area contributed by atoms with Gasteiger partial charge in [-0.1, -0.05) is 0 Å². The minimum atomic E-state index is -3.04. The fourth-order valence-corrected chi connectivity index (χ4v) is 1.33. The number of aromatic hydroxyl groups is 1. The molecule has 0 aliphatic rings. The van der Waals surface area contributed by atoms with Crippen LogP contribution in [0.4, 0.5) is 8.78 Å². The van der Waals surface area contributed by atoms with Crippen molar-refractivity contribution in [2.75, 3.05) is 6.61 Å². The maximum Gasteiger partial charge on any atom is 0.339 e. The minimum absolute atomic E-state index is 0.0641. The maximum absolute atomic E-state index is 12.6. The summed E-state index contributed by atoms with van der Waals surface area (Å²) < 4.78 is 29.9. The first-order chi connectivity index (χ1) is 8.02. The van der Waals surface area contributed by atoms with E-state index in [0.29, 0.717) is 0 Å². The molecule has 0 fully saturated rings. The number of ether oxygens (including phenoxy) is 1. The third kappa shape index (κ3) is 2.50. The Morgan fingerprint density at radius 2 is 2.24 bits per heavy atom. The molecule has 1 rings (SSSR count). The summed E-state index contributed by atoms with van der Waals surface area (Å²) in [7, 11) is 0. The third-order valence-corrected chi connectivity index (χ3v) is 2.05. The summed E-state index contributed by atoms with van der Waals surface area (Å²) in [6.07, 6.45) is -3.04. The Kier molecular flexibility index (Phi) is 3.99. The summed E-state index contributed by atoms with van der Waals surface area (Å²) in [5, 5.41) is 18.0. The average Bonchev–Trinajstić information content (AvgIpc) is 2.27. The molecule has 4 nitrogen and oxygen atoms in total. The van der Waals surface area contributed by atoms with E-state index < -0.39 is 29.3 Å². The molecular weight excluding hydrogens is 232 g/mol. The number of hydrogen-bond donors (Lipinski definition) is 1. The molecule has 0 aromatic heterocycles. The first-order valence-corrected chi connectivity index (χ1v) is 4.74. The molecular formula is C11H9F2NO3. The van der Waals surface area contributed by atoms with Gasteiger partial charge >= 0.3 is 5.97 Å². The van der Waals surface area contributed by atoms with Crippen LogP contribution < -0.4 is 0 Å². The number of nitrogens with zero attached hydrogens (tertiary/aromatic N) is 1. The molecule has 1 aromatic rings. The van der Waals surface area contributed by atoms with E-state index in [4.69, 9.17) is 5.26 Å². The van der Waals surface area contributed by atoms with Crippen molar-refractivity contribution in [3.63, 3.8) is 0 Å². The SMILES string of the molecule is CCOC(=O)c1ccc(O)c(C(F)F)c1C#N. The van der Waals surface area contributed by atoms with Gasteiger partial charge in [0.15, 0.2) is 0 Å². The van der Waals surface area contributed by atoms with E-state index in [1.807, 2.05) is 0 Å². The molecule has 0 aliphatic heterocycles. The molecule has 0 heterocycles. The van der Waals surface area contributed by atoms with Gasteiger partial charge in [-0.2, -0.15) is 5.26 Å². The van der Waals surface area contributed by atoms with Crippen molar-refractivity contribution in [2.45, 2.75) is 13.3 Å². The zero-order valence-electron chi connectivity index (χ0n) is 8.91. The van der Waals surface area contributed by atoms with Gasteiger partial charge in [0.25, 0.3) is 6.43 Å². The van der Waals surface area contributed by atoms with Crippen LogP contribution in [0, 0.1) is 11.3 Å². The van der Waals surface area contributed by atoms with Gasteiger partial charge in [0, 0.05) is 0 Å². The predicted octanol–water partition coefficient (Wildman–Crippen LogP) is 2.38. The lowest BCUT2D eigenvalue weighted by atomic mass is 10.0. The van der Waals surface area contributed by atoms with Gasteiger partial charge in [-0.25, -0.2) is 13.6 Å². The van der Waals surface area contributed by atoms with Crippen LogP contribution >= 0.6 is 0 Å². The Hall–Kier alpha value is -2.16. The summed E-state index contributed by atoms with van der Waals surface area (Å²) in [4.78, 5) is 11.4. The Morgan fingerprint density at radius 1 is 1.59 bits per heavy atom. The van der Waals surface area contributed by atoms with Gasteiger partial charge in [-0.15, -0.1) is 0 Å². The van der Waals surface area contributed by atoms with Crippen LogP contribution in [0.5, 0.6) is 5.75 Å². The number of nitriles is 1. The smallest absolute Gasteiger partial charge is 0.339 e. The molecule has 0 radical (unpaired) electrons. The van der Waals surface area contributed by atoms with E-state index in [1.165, 1.54) is 6.07 Å². The van der Waals surface area contributed by atoms with Gasteiger partial charge in [0.05, 0.1) is 23.3 Å². The van der Waals surface area contributed by atoms with Gasteiger partial charge < -0.3 is 9.84 Å². The van der Waals surface area contributed by atoms with Gasteiger partial charge in [0.1, 0.15) is 11.8 Å². The summed E-state index contributed by atoms with van der Waals surface area (Å²) in [5.74, 6) is -1.59. The number of carbonyl (C=O) groups is 1. The maximum atomic E-state index is 12.6. The fraction of sp³-hybridized carbons (Fsp3) is 0.273. The lowest BCUT2D eigenvalue weighted by molar-refractivity contribution is 0.0525. The van der Waals surface area contributed by atoms with E-state index in [9.17, 15) is 18.7 Å². The Labute approximate surface area is 96.0 Å². The van der Waals surface area contributed by atoms with Crippen LogP contribution in [0.3, 0.4) is 0 Å². The van der Waals surface area contributed by atoms with Crippen LogP contribution in [0.1, 0.15) is 34.8 Å². The molecule has 0 spiro atoms. The van der Waals surface area contributed by atoms with Crippen LogP contribution in [0.2, 0.25) is 0 Å². The van der Waals surface area contributed by atoms with Gasteiger partial charge in [-0.3, -0.25) is 0 Å². The molecule has 90 valence electrons. The van der Waals surface area contributed by atoms with Crippen molar-refractivity contribution >= 4 is 5.97 Å². The van der Waals surface area contributed by atoms with Crippen molar-refractivity contribution in [3.05, 3.63) is 28.8 Å². The van der Waals surface area contributed by atoms with Crippen molar-refractivity contribution in [2.24, 2.45) is 0 Å². The van der Waals surface area contributed by atoms with E-state index in [-0.39, 0.29) is 12.2 Å². The van der Waals surface area contributed by atoms with Gasteiger partial charge in [0.2, 0.25) is 0 Å². The molecule has 1 N–H and O–H groups in total. The zero-order chi connectivity index (χ0) is 13.0. The second kappa shape index (κ2) is 5.25. The van der Waals surface area contributed by atoms with E-state index >= 15 is 0 Å². The number of esters is 1. The molecule has 0 saturated carbocycles. The number of hydrogen-bond acceptors (Lipinski definition) is 4. The lowest BCUT2D eigenvalue weighted by Gasteiger charge is -2.09. The topological polar surface area (TPSA) is 70.3 Å². The summed E-state index contributed by atoms with van der Waals surface area (Å²) in [5.41, 5.74) is -1.68. The highest BCUT2D eigenvalue weighted by atomic mass is 19.3. The molecule has 1 aromatic carbocycles. The highest BCUT2D eigenvalue weighted by Gasteiger charge is 2.24. The molecule has 0 aliphatic carbocycles. The summed E-state index contributed by atoms with van der Waals surface area (Å²) in [6, 6.07) is 3.51. The van der Waals surface area contributed by atoms with E-state index in [2.05, 4.69) is 4.74 Å². The normalized spacial score (nSPS) is 10.1. The Morgan fingerprint density at radius 3 is 2.71 bits per heavy atom. The number of alkyl halides is 2. The summed E-state index contributed by atoms with van der Waals surface area (Å²) >= 11 is 0. The molecule has 0 bridgehead atoms. The van der Waals surface area contributed by atoms with Crippen LogP contribution in [-0.4, -0.2) is 17.7 Å².